The molecule has 1 aromatic rings. The lowest BCUT2D eigenvalue weighted by Gasteiger charge is -2.34. The number of halogens is 1. The van der Waals surface area contributed by atoms with E-state index in [9.17, 15) is 0 Å². The Morgan fingerprint density at radius 1 is 1.38 bits per heavy atom. The SMILES string of the molecule is CC1(C)CCCN1c1cc(Br)cc(CN)c1. The molecule has 1 fully saturated rings. The van der Waals surface area contributed by atoms with Crippen LogP contribution in [0, 0.1) is 0 Å². The summed E-state index contributed by atoms with van der Waals surface area (Å²) in [5.41, 5.74) is 8.46. The minimum atomic E-state index is 0.270. The molecule has 0 bridgehead atoms. The third-order valence-electron chi connectivity index (χ3n) is 3.39. The zero-order valence-corrected chi connectivity index (χ0v) is 11.5. The molecular formula is C13H19BrN2. The highest BCUT2D eigenvalue weighted by Gasteiger charge is 2.32. The Kier molecular flexibility index (Phi) is 3.27. The number of benzene rings is 1. The van der Waals surface area contributed by atoms with E-state index in [1.165, 1.54) is 24.1 Å². The van der Waals surface area contributed by atoms with Crippen LogP contribution >= 0.6 is 15.9 Å². The molecule has 1 aromatic carbocycles. The zero-order valence-electron chi connectivity index (χ0n) is 9.96. The van der Waals surface area contributed by atoms with Crippen molar-refractivity contribution in [2.24, 2.45) is 5.73 Å². The van der Waals surface area contributed by atoms with Gasteiger partial charge in [0.15, 0.2) is 0 Å². The second-order valence-electron chi connectivity index (χ2n) is 5.09. The summed E-state index contributed by atoms with van der Waals surface area (Å²) in [4.78, 5) is 2.48. The largest absolute Gasteiger partial charge is 0.366 e. The van der Waals surface area contributed by atoms with Gasteiger partial charge in [-0.3, -0.25) is 0 Å². The van der Waals surface area contributed by atoms with Crippen molar-refractivity contribution in [1.82, 2.24) is 0 Å². The predicted octanol–water partition coefficient (Wildman–Crippen LogP) is 3.29. The van der Waals surface area contributed by atoms with E-state index in [2.05, 4.69) is 52.9 Å². The molecule has 2 N–H and O–H groups in total. The van der Waals surface area contributed by atoms with Gasteiger partial charge in [0.1, 0.15) is 0 Å². The lowest BCUT2D eigenvalue weighted by atomic mass is 10.0. The first kappa shape index (κ1) is 11.9. The highest BCUT2D eigenvalue weighted by Crippen LogP contribution is 2.35. The average Bonchev–Trinajstić information content (AvgIpc) is 2.57. The van der Waals surface area contributed by atoms with Crippen LogP contribution in [0.15, 0.2) is 22.7 Å². The molecule has 1 saturated heterocycles. The maximum Gasteiger partial charge on any atom is 0.0385 e. The maximum absolute atomic E-state index is 5.71. The van der Waals surface area contributed by atoms with Gasteiger partial charge >= 0.3 is 0 Å². The Bertz CT molecular complexity index is 388. The molecule has 0 aromatic heterocycles. The normalized spacial score (nSPS) is 19.1. The van der Waals surface area contributed by atoms with Gasteiger partial charge in [-0.1, -0.05) is 15.9 Å². The van der Waals surface area contributed by atoms with Gasteiger partial charge < -0.3 is 10.6 Å². The Morgan fingerprint density at radius 3 is 2.69 bits per heavy atom. The van der Waals surface area contributed by atoms with Gasteiger partial charge in [0.25, 0.3) is 0 Å². The van der Waals surface area contributed by atoms with E-state index in [0.717, 1.165) is 11.0 Å². The third-order valence-corrected chi connectivity index (χ3v) is 3.85. The van der Waals surface area contributed by atoms with E-state index in [1.807, 2.05) is 0 Å². The second kappa shape index (κ2) is 4.38. The molecule has 0 amide bonds. The number of hydrogen-bond acceptors (Lipinski definition) is 2. The van der Waals surface area contributed by atoms with Crippen molar-refractivity contribution in [3.8, 4) is 0 Å². The van der Waals surface area contributed by atoms with Gasteiger partial charge in [-0.15, -0.1) is 0 Å². The van der Waals surface area contributed by atoms with Crippen LogP contribution in [0.3, 0.4) is 0 Å². The summed E-state index contributed by atoms with van der Waals surface area (Å²) in [6.07, 6.45) is 2.54. The average molecular weight is 283 g/mol. The molecule has 1 aliphatic rings. The van der Waals surface area contributed by atoms with Crippen molar-refractivity contribution in [3.63, 3.8) is 0 Å². The fourth-order valence-electron chi connectivity index (χ4n) is 2.49. The molecule has 16 heavy (non-hydrogen) atoms. The number of nitrogens with zero attached hydrogens (tertiary/aromatic N) is 1. The molecule has 2 rings (SSSR count). The number of hydrogen-bond donors (Lipinski definition) is 1. The molecule has 3 heteroatoms. The van der Waals surface area contributed by atoms with Crippen molar-refractivity contribution in [2.75, 3.05) is 11.4 Å². The Morgan fingerprint density at radius 2 is 2.12 bits per heavy atom. The first-order chi connectivity index (χ1) is 7.53. The zero-order chi connectivity index (χ0) is 11.8. The van der Waals surface area contributed by atoms with Crippen LogP contribution in [0.4, 0.5) is 5.69 Å². The minimum Gasteiger partial charge on any atom is -0.366 e. The van der Waals surface area contributed by atoms with Gasteiger partial charge in [-0.05, 0) is 50.5 Å². The molecule has 1 aliphatic heterocycles. The van der Waals surface area contributed by atoms with Crippen LogP contribution in [0.25, 0.3) is 0 Å². The van der Waals surface area contributed by atoms with Gasteiger partial charge in [0.2, 0.25) is 0 Å². The highest BCUT2D eigenvalue weighted by atomic mass is 79.9. The van der Waals surface area contributed by atoms with Crippen LogP contribution in [0.1, 0.15) is 32.3 Å². The van der Waals surface area contributed by atoms with E-state index in [4.69, 9.17) is 5.73 Å². The van der Waals surface area contributed by atoms with Crippen LogP contribution in [-0.4, -0.2) is 12.1 Å². The van der Waals surface area contributed by atoms with Crippen LogP contribution in [-0.2, 0) is 6.54 Å². The first-order valence-electron chi connectivity index (χ1n) is 5.80. The van der Waals surface area contributed by atoms with E-state index in [-0.39, 0.29) is 5.54 Å². The summed E-state index contributed by atoms with van der Waals surface area (Å²) in [6.45, 7) is 6.36. The van der Waals surface area contributed by atoms with Crippen molar-refractivity contribution in [1.29, 1.82) is 0 Å². The summed E-state index contributed by atoms with van der Waals surface area (Å²) in [6, 6.07) is 6.48. The van der Waals surface area contributed by atoms with E-state index < -0.39 is 0 Å². The van der Waals surface area contributed by atoms with Crippen LogP contribution < -0.4 is 10.6 Å². The van der Waals surface area contributed by atoms with Gasteiger partial charge in [-0.25, -0.2) is 0 Å². The lowest BCUT2D eigenvalue weighted by molar-refractivity contribution is 0.518. The summed E-state index contributed by atoms with van der Waals surface area (Å²) < 4.78 is 1.12. The quantitative estimate of drug-likeness (QED) is 0.902. The summed E-state index contributed by atoms with van der Waals surface area (Å²) in [5, 5.41) is 0. The minimum absolute atomic E-state index is 0.270. The Hall–Kier alpha value is -0.540. The highest BCUT2D eigenvalue weighted by molar-refractivity contribution is 9.10. The van der Waals surface area contributed by atoms with Crippen molar-refractivity contribution in [2.45, 2.75) is 38.8 Å². The van der Waals surface area contributed by atoms with Gasteiger partial charge in [0, 0.05) is 28.8 Å². The van der Waals surface area contributed by atoms with E-state index in [0.29, 0.717) is 6.54 Å². The lowest BCUT2D eigenvalue weighted by Crippen LogP contribution is -2.38. The van der Waals surface area contributed by atoms with E-state index >= 15 is 0 Å². The monoisotopic (exact) mass is 282 g/mol. The number of rotatable bonds is 2. The Balaban J connectivity index is 2.36. The summed E-state index contributed by atoms with van der Waals surface area (Å²) in [7, 11) is 0. The molecule has 1 heterocycles. The molecule has 0 atom stereocenters. The fourth-order valence-corrected chi connectivity index (χ4v) is 3.02. The molecule has 88 valence electrons. The van der Waals surface area contributed by atoms with Gasteiger partial charge in [-0.2, -0.15) is 0 Å². The van der Waals surface area contributed by atoms with Crippen molar-refractivity contribution in [3.05, 3.63) is 28.2 Å². The maximum atomic E-state index is 5.71. The van der Waals surface area contributed by atoms with Crippen LogP contribution in [0.5, 0.6) is 0 Å². The van der Waals surface area contributed by atoms with Crippen molar-refractivity contribution < 1.29 is 0 Å². The molecule has 0 unspecified atom stereocenters. The summed E-state index contributed by atoms with van der Waals surface area (Å²) in [5.74, 6) is 0. The molecule has 2 nitrogen and oxygen atoms in total. The molecule has 0 spiro atoms. The van der Waals surface area contributed by atoms with Gasteiger partial charge in [0.05, 0.1) is 0 Å². The smallest absolute Gasteiger partial charge is 0.0385 e. The standard InChI is InChI=1S/C13H19BrN2/c1-13(2)4-3-5-16(13)12-7-10(9-15)6-11(14)8-12/h6-8H,3-5,9,15H2,1-2H3. The summed E-state index contributed by atoms with van der Waals surface area (Å²) >= 11 is 3.56. The first-order valence-corrected chi connectivity index (χ1v) is 6.59. The fraction of sp³-hybridized carbons (Fsp3) is 0.538. The Labute approximate surface area is 106 Å². The second-order valence-corrected chi connectivity index (χ2v) is 6.01. The van der Waals surface area contributed by atoms with Crippen LogP contribution in [0.2, 0.25) is 0 Å². The molecular weight excluding hydrogens is 264 g/mol. The topological polar surface area (TPSA) is 29.3 Å². The van der Waals surface area contributed by atoms with E-state index in [1.54, 1.807) is 0 Å². The number of nitrogens with two attached hydrogens (primary N) is 1. The molecule has 0 radical (unpaired) electrons. The third kappa shape index (κ3) is 2.25. The van der Waals surface area contributed by atoms with Crippen molar-refractivity contribution >= 4 is 21.6 Å². The molecule has 0 saturated carbocycles. The molecule has 0 aliphatic carbocycles. The number of anilines is 1. The predicted molar refractivity (Wildman–Crippen MR) is 72.7 cm³/mol.